The summed E-state index contributed by atoms with van der Waals surface area (Å²) in [5.41, 5.74) is 5.97. The topological polar surface area (TPSA) is 96.0 Å². The molecule has 1 aromatic carbocycles. The summed E-state index contributed by atoms with van der Waals surface area (Å²) in [6.45, 7) is 2.26. The first-order valence-electron chi connectivity index (χ1n) is 6.33. The van der Waals surface area contributed by atoms with E-state index in [1.807, 2.05) is 25.1 Å². The van der Waals surface area contributed by atoms with Crippen LogP contribution < -0.4 is 10.5 Å². The van der Waals surface area contributed by atoms with Crippen molar-refractivity contribution >= 4 is 27.0 Å². The van der Waals surface area contributed by atoms with E-state index >= 15 is 0 Å². The number of anilines is 1. The van der Waals surface area contributed by atoms with Gasteiger partial charge in [0.1, 0.15) is 6.07 Å². The summed E-state index contributed by atoms with van der Waals surface area (Å²) in [5.74, 6) is 0. The summed E-state index contributed by atoms with van der Waals surface area (Å²) in [7, 11) is -3.74. The fourth-order valence-corrected chi connectivity index (χ4v) is 3.95. The molecule has 0 aliphatic heterocycles. The number of rotatable bonds is 5. The first-order valence-corrected chi connectivity index (χ1v) is 8.63. The second-order valence-corrected chi connectivity index (χ2v) is 7.40. The van der Waals surface area contributed by atoms with Crippen molar-refractivity contribution in [3.05, 3.63) is 45.6 Å². The smallest absolute Gasteiger partial charge is 0.242 e. The van der Waals surface area contributed by atoms with Crippen molar-refractivity contribution in [2.75, 3.05) is 5.73 Å². The van der Waals surface area contributed by atoms with Crippen LogP contribution in [0.3, 0.4) is 0 Å². The molecule has 0 unspecified atom stereocenters. The number of thiophene rings is 1. The third-order valence-corrected chi connectivity index (χ3v) is 5.60. The van der Waals surface area contributed by atoms with Crippen molar-refractivity contribution in [1.82, 2.24) is 4.72 Å². The van der Waals surface area contributed by atoms with E-state index in [9.17, 15) is 8.42 Å². The highest BCUT2D eigenvalue weighted by molar-refractivity contribution is 7.89. The van der Waals surface area contributed by atoms with E-state index in [0.717, 1.165) is 11.3 Å². The Balaban J connectivity index is 2.21. The third kappa shape index (κ3) is 3.61. The minimum Gasteiger partial charge on any atom is -0.399 e. The molecule has 0 atom stereocenters. The Morgan fingerprint density at radius 2 is 2.00 bits per heavy atom. The summed E-state index contributed by atoms with van der Waals surface area (Å²) in [6.07, 6.45) is 0.925. The Morgan fingerprint density at radius 1 is 1.29 bits per heavy atom. The van der Waals surface area contributed by atoms with E-state index in [1.165, 1.54) is 23.1 Å². The molecule has 2 rings (SSSR count). The number of nitrogens with two attached hydrogens (primary N) is 1. The van der Waals surface area contributed by atoms with Gasteiger partial charge >= 0.3 is 0 Å². The maximum absolute atomic E-state index is 12.3. The Labute approximate surface area is 128 Å². The number of nitrogens with zero attached hydrogens (tertiary/aromatic N) is 1. The lowest BCUT2D eigenvalue weighted by atomic mass is 10.2. The van der Waals surface area contributed by atoms with Crippen molar-refractivity contribution in [3.8, 4) is 6.07 Å². The Morgan fingerprint density at radius 3 is 2.62 bits per heavy atom. The number of nitrogen functional groups attached to an aromatic ring is 1. The van der Waals surface area contributed by atoms with Crippen LogP contribution in [0.25, 0.3) is 0 Å². The van der Waals surface area contributed by atoms with Crippen LogP contribution in [0.15, 0.2) is 35.2 Å². The molecule has 0 amide bonds. The van der Waals surface area contributed by atoms with Gasteiger partial charge < -0.3 is 5.73 Å². The van der Waals surface area contributed by atoms with Crippen molar-refractivity contribution in [2.24, 2.45) is 0 Å². The van der Waals surface area contributed by atoms with Gasteiger partial charge in [-0.15, -0.1) is 11.3 Å². The second-order valence-electron chi connectivity index (χ2n) is 4.41. The third-order valence-electron chi connectivity index (χ3n) is 2.92. The van der Waals surface area contributed by atoms with Gasteiger partial charge in [0, 0.05) is 22.0 Å². The summed E-state index contributed by atoms with van der Waals surface area (Å²) >= 11 is 1.57. The van der Waals surface area contributed by atoms with Crippen LogP contribution in [0.4, 0.5) is 5.69 Å². The van der Waals surface area contributed by atoms with E-state index in [2.05, 4.69) is 4.72 Å². The van der Waals surface area contributed by atoms with Crippen LogP contribution in [0, 0.1) is 11.3 Å². The van der Waals surface area contributed by atoms with Crippen LogP contribution in [0.1, 0.15) is 22.2 Å². The fraction of sp³-hybridized carbons (Fsp3) is 0.214. The van der Waals surface area contributed by atoms with Gasteiger partial charge in [-0.2, -0.15) is 5.26 Å². The van der Waals surface area contributed by atoms with Crippen LogP contribution in [0.2, 0.25) is 0 Å². The molecule has 0 saturated carbocycles. The molecule has 110 valence electrons. The lowest BCUT2D eigenvalue weighted by molar-refractivity contribution is 0.581. The molecule has 5 nitrogen and oxygen atoms in total. The molecular formula is C14H15N3O2S2. The molecule has 7 heteroatoms. The zero-order valence-corrected chi connectivity index (χ0v) is 13.1. The van der Waals surface area contributed by atoms with Crippen LogP contribution in [-0.4, -0.2) is 8.42 Å². The van der Waals surface area contributed by atoms with Crippen molar-refractivity contribution in [1.29, 1.82) is 5.26 Å². The summed E-state index contributed by atoms with van der Waals surface area (Å²) in [5, 5.41) is 9.03. The summed E-state index contributed by atoms with van der Waals surface area (Å²) in [4.78, 5) is 2.09. The average Bonchev–Trinajstić information content (AvgIpc) is 2.93. The van der Waals surface area contributed by atoms with Crippen molar-refractivity contribution in [3.63, 3.8) is 0 Å². The SMILES string of the molecule is CCc1ccc(CNS(=O)(=O)c2ccc(N)cc2C#N)s1. The van der Waals surface area contributed by atoms with Gasteiger partial charge in [0.15, 0.2) is 0 Å². The molecule has 0 aliphatic carbocycles. The van der Waals surface area contributed by atoms with Crippen molar-refractivity contribution < 1.29 is 8.42 Å². The maximum atomic E-state index is 12.3. The van der Waals surface area contributed by atoms with Crippen LogP contribution >= 0.6 is 11.3 Å². The predicted octanol–water partition coefficient (Wildman–Crippen LogP) is 2.24. The molecule has 0 radical (unpaired) electrons. The summed E-state index contributed by atoms with van der Waals surface area (Å²) in [6, 6.07) is 9.92. The van der Waals surface area contributed by atoms with Gasteiger partial charge in [-0.25, -0.2) is 13.1 Å². The highest BCUT2D eigenvalue weighted by Gasteiger charge is 2.18. The van der Waals surface area contributed by atoms with Gasteiger partial charge in [-0.05, 0) is 36.8 Å². The van der Waals surface area contributed by atoms with Crippen LogP contribution in [0.5, 0.6) is 0 Å². The number of nitriles is 1. The zero-order chi connectivity index (χ0) is 15.5. The van der Waals surface area contributed by atoms with Gasteiger partial charge in [0.25, 0.3) is 0 Å². The highest BCUT2D eigenvalue weighted by Crippen LogP contribution is 2.20. The Bertz CT molecular complexity index is 789. The Kier molecular flexibility index (Phi) is 4.63. The minimum atomic E-state index is -3.74. The van der Waals surface area contributed by atoms with Crippen molar-refractivity contribution in [2.45, 2.75) is 24.8 Å². The summed E-state index contributed by atoms with van der Waals surface area (Å²) < 4.78 is 27.1. The lowest BCUT2D eigenvalue weighted by Gasteiger charge is -2.08. The number of sulfonamides is 1. The monoisotopic (exact) mass is 321 g/mol. The van der Waals surface area contributed by atoms with Gasteiger partial charge in [-0.3, -0.25) is 0 Å². The number of hydrogen-bond donors (Lipinski definition) is 2. The average molecular weight is 321 g/mol. The molecule has 0 aliphatic rings. The first kappa shape index (κ1) is 15.5. The number of aryl methyl sites for hydroxylation is 1. The number of benzene rings is 1. The molecule has 0 saturated heterocycles. The highest BCUT2D eigenvalue weighted by atomic mass is 32.2. The van der Waals surface area contributed by atoms with Crippen LogP contribution in [-0.2, 0) is 23.0 Å². The normalized spacial score (nSPS) is 11.2. The molecule has 1 aromatic heterocycles. The van der Waals surface area contributed by atoms with Gasteiger partial charge in [0.2, 0.25) is 10.0 Å². The van der Waals surface area contributed by atoms with E-state index in [1.54, 1.807) is 11.3 Å². The largest absolute Gasteiger partial charge is 0.399 e. The quantitative estimate of drug-likeness (QED) is 0.825. The predicted molar refractivity (Wildman–Crippen MR) is 83.3 cm³/mol. The van der Waals surface area contributed by atoms with Gasteiger partial charge in [-0.1, -0.05) is 6.92 Å². The molecular weight excluding hydrogens is 306 g/mol. The molecule has 21 heavy (non-hydrogen) atoms. The van der Waals surface area contributed by atoms with E-state index < -0.39 is 10.0 Å². The van der Waals surface area contributed by atoms with Gasteiger partial charge in [0.05, 0.1) is 10.5 Å². The second kappa shape index (κ2) is 6.26. The lowest BCUT2D eigenvalue weighted by Crippen LogP contribution is -2.23. The first-order chi connectivity index (χ1) is 9.96. The molecule has 3 N–H and O–H groups in total. The standard InChI is InChI=1S/C14H15N3O2S2/c1-2-12-4-5-13(20-12)9-17-21(18,19)14-6-3-11(16)7-10(14)8-15/h3-7,17H,2,9,16H2,1H3. The Hall–Kier alpha value is -1.88. The van der Waals surface area contributed by atoms with E-state index in [-0.39, 0.29) is 17.0 Å². The molecule has 2 aromatic rings. The van der Waals surface area contributed by atoms with E-state index in [4.69, 9.17) is 11.0 Å². The van der Waals surface area contributed by atoms with E-state index in [0.29, 0.717) is 5.69 Å². The molecule has 1 heterocycles. The molecule has 0 spiro atoms. The number of nitrogens with one attached hydrogen (secondary N) is 1. The number of hydrogen-bond acceptors (Lipinski definition) is 5. The molecule has 0 bridgehead atoms. The fourth-order valence-electron chi connectivity index (χ4n) is 1.82. The minimum absolute atomic E-state index is 0.0444. The zero-order valence-electron chi connectivity index (χ0n) is 11.5. The molecule has 0 fully saturated rings. The maximum Gasteiger partial charge on any atom is 0.242 e.